The summed E-state index contributed by atoms with van der Waals surface area (Å²) in [6.07, 6.45) is 0.938. The molecule has 22 heavy (non-hydrogen) atoms. The van der Waals surface area contributed by atoms with Crippen molar-refractivity contribution < 1.29 is 4.79 Å². The van der Waals surface area contributed by atoms with Crippen LogP contribution in [0, 0.1) is 6.92 Å². The Labute approximate surface area is 134 Å². The van der Waals surface area contributed by atoms with Crippen LogP contribution in [0.1, 0.15) is 29.3 Å². The Morgan fingerprint density at radius 2 is 1.82 bits per heavy atom. The van der Waals surface area contributed by atoms with Gasteiger partial charge in [0.05, 0.1) is 5.56 Å². The third-order valence-corrected chi connectivity index (χ3v) is 4.89. The molecule has 0 aliphatic rings. The zero-order valence-corrected chi connectivity index (χ0v) is 13.7. The SMILES string of the molecule is CCCNC(=O)c1c(-c2ccc(C)cc2)sc2ccccc12. The van der Waals surface area contributed by atoms with Crippen LogP contribution in [0.4, 0.5) is 0 Å². The summed E-state index contributed by atoms with van der Waals surface area (Å²) in [6.45, 7) is 4.84. The molecule has 1 heterocycles. The van der Waals surface area contributed by atoms with Crippen molar-refractivity contribution in [2.75, 3.05) is 6.54 Å². The molecule has 112 valence electrons. The summed E-state index contributed by atoms with van der Waals surface area (Å²) in [5.41, 5.74) is 3.13. The molecule has 0 radical (unpaired) electrons. The first-order chi connectivity index (χ1) is 10.7. The maximum Gasteiger partial charge on any atom is 0.253 e. The van der Waals surface area contributed by atoms with Crippen LogP contribution in [0.15, 0.2) is 48.5 Å². The van der Waals surface area contributed by atoms with Gasteiger partial charge in [-0.2, -0.15) is 0 Å². The van der Waals surface area contributed by atoms with Gasteiger partial charge in [0, 0.05) is 21.5 Å². The Bertz CT molecular complexity index is 802. The summed E-state index contributed by atoms with van der Waals surface area (Å²) in [5, 5.41) is 4.05. The predicted octanol–water partition coefficient (Wildman–Crippen LogP) is 5.02. The Morgan fingerprint density at radius 3 is 2.55 bits per heavy atom. The highest BCUT2D eigenvalue weighted by molar-refractivity contribution is 7.22. The monoisotopic (exact) mass is 309 g/mol. The summed E-state index contributed by atoms with van der Waals surface area (Å²) in [7, 11) is 0. The second kappa shape index (κ2) is 6.32. The molecule has 1 N–H and O–H groups in total. The standard InChI is InChI=1S/C19H19NOS/c1-3-12-20-19(21)17-15-6-4-5-7-16(15)22-18(17)14-10-8-13(2)9-11-14/h4-11H,3,12H2,1-2H3,(H,20,21). The average molecular weight is 309 g/mol. The van der Waals surface area contributed by atoms with Crippen LogP contribution < -0.4 is 5.32 Å². The lowest BCUT2D eigenvalue weighted by molar-refractivity contribution is 0.0956. The van der Waals surface area contributed by atoms with Gasteiger partial charge in [-0.1, -0.05) is 55.0 Å². The summed E-state index contributed by atoms with van der Waals surface area (Å²) in [5.74, 6) is 0.0230. The zero-order valence-electron chi connectivity index (χ0n) is 12.8. The number of nitrogens with one attached hydrogen (secondary N) is 1. The number of benzene rings is 2. The number of aryl methyl sites for hydroxylation is 1. The molecule has 0 saturated carbocycles. The quantitative estimate of drug-likeness (QED) is 0.720. The molecule has 0 aliphatic carbocycles. The lowest BCUT2D eigenvalue weighted by Gasteiger charge is -2.06. The topological polar surface area (TPSA) is 29.1 Å². The van der Waals surface area contributed by atoms with Crippen LogP contribution in [0.25, 0.3) is 20.5 Å². The fourth-order valence-electron chi connectivity index (χ4n) is 2.51. The third kappa shape index (κ3) is 2.77. The Morgan fingerprint density at radius 1 is 1.09 bits per heavy atom. The molecule has 3 aromatic rings. The van der Waals surface area contributed by atoms with Crippen molar-refractivity contribution in [3.8, 4) is 10.4 Å². The molecular formula is C19H19NOS. The van der Waals surface area contributed by atoms with Gasteiger partial charge in [-0.05, 0) is 25.0 Å². The number of thiophene rings is 1. The van der Waals surface area contributed by atoms with Gasteiger partial charge in [-0.3, -0.25) is 4.79 Å². The van der Waals surface area contributed by atoms with Crippen molar-refractivity contribution in [3.63, 3.8) is 0 Å². The zero-order chi connectivity index (χ0) is 15.5. The minimum absolute atomic E-state index is 0.0230. The Hall–Kier alpha value is -2.13. The van der Waals surface area contributed by atoms with Gasteiger partial charge < -0.3 is 5.32 Å². The van der Waals surface area contributed by atoms with Crippen molar-refractivity contribution in [1.29, 1.82) is 0 Å². The lowest BCUT2D eigenvalue weighted by Crippen LogP contribution is -2.24. The summed E-state index contributed by atoms with van der Waals surface area (Å²) < 4.78 is 1.15. The van der Waals surface area contributed by atoms with Gasteiger partial charge in [-0.15, -0.1) is 11.3 Å². The molecular weight excluding hydrogens is 290 g/mol. The van der Waals surface area contributed by atoms with E-state index in [0.717, 1.165) is 32.5 Å². The van der Waals surface area contributed by atoms with Gasteiger partial charge >= 0.3 is 0 Å². The van der Waals surface area contributed by atoms with E-state index in [1.807, 2.05) is 18.2 Å². The summed E-state index contributed by atoms with van der Waals surface area (Å²) >= 11 is 1.68. The van der Waals surface area contributed by atoms with Crippen LogP contribution in [0.3, 0.4) is 0 Å². The molecule has 1 aromatic heterocycles. The molecule has 0 bridgehead atoms. The van der Waals surface area contributed by atoms with E-state index in [-0.39, 0.29) is 5.91 Å². The highest BCUT2D eigenvalue weighted by Gasteiger charge is 2.19. The average Bonchev–Trinajstić information content (AvgIpc) is 2.92. The maximum absolute atomic E-state index is 12.6. The van der Waals surface area contributed by atoms with Crippen molar-refractivity contribution in [2.24, 2.45) is 0 Å². The fourth-order valence-corrected chi connectivity index (χ4v) is 3.71. The van der Waals surface area contributed by atoms with Crippen LogP contribution in [0.2, 0.25) is 0 Å². The Kier molecular flexibility index (Phi) is 4.25. The predicted molar refractivity (Wildman–Crippen MR) is 94.6 cm³/mol. The number of amides is 1. The van der Waals surface area contributed by atoms with Gasteiger partial charge in [-0.25, -0.2) is 0 Å². The minimum atomic E-state index is 0.0230. The third-order valence-electron chi connectivity index (χ3n) is 3.67. The van der Waals surface area contributed by atoms with Crippen molar-refractivity contribution in [3.05, 3.63) is 59.7 Å². The molecule has 0 unspecified atom stereocenters. The number of hydrogen-bond donors (Lipinski definition) is 1. The molecule has 2 aromatic carbocycles. The summed E-state index contributed by atoms with van der Waals surface area (Å²) in [4.78, 5) is 13.7. The molecule has 0 spiro atoms. The minimum Gasteiger partial charge on any atom is -0.352 e. The number of rotatable bonds is 4. The van der Waals surface area contributed by atoms with Crippen molar-refractivity contribution in [2.45, 2.75) is 20.3 Å². The number of carbonyl (C=O) groups is 1. The number of fused-ring (bicyclic) bond motifs is 1. The van der Waals surface area contributed by atoms with Crippen LogP contribution >= 0.6 is 11.3 Å². The summed E-state index contributed by atoms with van der Waals surface area (Å²) in [6, 6.07) is 16.5. The van der Waals surface area contributed by atoms with Crippen molar-refractivity contribution >= 4 is 27.3 Å². The first-order valence-corrected chi connectivity index (χ1v) is 8.39. The second-order valence-corrected chi connectivity index (χ2v) is 6.48. The van der Waals surface area contributed by atoms with Crippen LogP contribution in [0.5, 0.6) is 0 Å². The van der Waals surface area contributed by atoms with E-state index in [4.69, 9.17) is 0 Å². The van der Waals surface area contributed by atoms with Gasteiger partial charge in [0.1, 0.15) is 0 Å². The van der Waals surface area contributed by atoms with E-state index in [9.17, 15) is 4.79 Å². The molecule has 2 nitrogen and oxygen atoms in total. The molecule has 3 heteroatoms. The van der Waals surface area contributed by atoms with Crippen LogP contribution in [-0.4, -0.2) is 12.5 Å². The lowest BCUT2D eigenvalue weighted by atomic mass is 10.0. The molecule has 0 fully saturated rings. The first kappa shape index (κ1) is 14.8. The highest BCUT2D eigenvalue weighted by atomic mass is 32.1. The van der Waals surface area contributed by atoms with Gasteiger partial charge in [0.15, 0.2) is 0 Å². The normalized spacial score (nSPS) is 10.8. The molecule has 0 saturated heterocycles. The van der Waals surface area contributed by atoms with E-state index >= 15 is 0 Å². The largest absolute Gasteiger partial charge is 0.352 e. The van der Waals surface area contributed by atoms with Gasteiger partial charge in [0.2, 0.25) is 0 Å². The van der Waals surface area contributed by atoms with Crippen LogP contribution in [-0.2, 0) is 0 Å². The number of carbonyl (C=O) groups excluding carboxylic acids is 1. The number of hydrogen-bond acceptors (Lipinski definition) is 2. The molecule has 0 atom stereocenters. The highest BCUT2D eigenvalue weighted by Crippen LogP contribution is 2.38. The fraction of sp³-hybridized carbons (Fsp3) is 0.211. The smallest absolute Gasteiger partial charge is 0.253 e. The van der Waals surface area contributed by atoms with E-state index in [0.29, 0.717) is 6.54 Å². The molecule has 0 aliphatic heterocycles. The molecule has 3 rings (SSSR count). The van der Waals surface area contributed by atoms with Crippen molar-refractivity contribution in [1.82, 2.24) is 5.32 Å². The van der Waals surface area contributed by atoms with E-state index in [2.05, 4.69) is 49.5 Å². The maximum atomic E-state index is 12.6. The van der Waals surface area contributed by atoms with E-state index < -0.39 is 0 Å². The molecule has 1 amide bonds. The Balaban J connectivity index is 2.16. The first-order valence-electron chi connectivity index (χ1n) is 7.57. The van der Waals surface area contributed by atoms with E-state index in [1.54, 1.807) is 11.3 Å². The van der Waals surface area contributed by atoms with E-state index in [1.165, 1.54) is 5.56 Å². The second-order valence-electron chi connectivity index (χ2n) is 5.42. The van der Waals surface area contributed by atoms with Gasteiger partial charge in [0.25, 0.3) is 5.91 Å².